The van der Waals surface area contributed by atoms with Gasteiger partial charge in [-0.25, -0.2) is 9.79 Å². The maximum Gasteiger partial charge on any atom is 0.363 e. The number of carbonyl (C=O) groups is 2. The summed E-state index contributed by atoms with van der Waals surface area (Å²) in [6, 6.07) is 9.12. The maximum atomic E-state index is 12.3. The third kappa shape index (κ3) is 5.05. The molecule has 29 heavy (non-hydrogen) atoms. The Kier molecular flexibility index (Phi) is 6.74. The molecule has 0 N–H and O–H groups in total. The predicted octanol–water partition coefficient (Wildman–Crippen LogP) is 5.03. The zero-order chi connectivity index (χ0) is 21.1. The number of halogens is 2. The van der Waals surface area contributed by atoms with Gasteiger partial charge < -0.3 is 14.2 Å². The molecule has 1 aliphatic rings. The van der Waals surface area contributed by atoms with Crippen LogP contribution in [0.2, 0.25) is 0 Å². The fourth-order valence-corrected chi connectivity index (χ4v) is 3.52. The first-order chi connectivity index (χ1) is 13.8. The summed E-state index contributed by atoms with van der Waals surface area (Å²) in [5, 5.41) is 0. The minimum atomic E-state index is -0.533. The number of rotatable bonds is 5. The Morgan fingerprint density at radius 1 is 1.31 bits per heavy atom. The van der Waals surface area contributed by atoms with Crippen LogP contribution in [-0.4, -0.2) is 24.4 Å². The third-order valence-corrected chi connectivity index (χ3v) is 5.71. The van der Waals surface area contributed by atoms with Crippen molar-refractivity contribution in [2.24, 2.45) is 4.99 Å². The van der Waals surface area contributed by atoms with Crippen LogP contribution in [0.15, 0.2) is 45.5 Å². The average Bonchev–Trinajstić information content (AvgIpc) is 3.01. The van der Waals surface area contributed by atoms with Crippen LogP contribution in [0.4, 0.5) is 0 Å². The van der Waals surface area contributed by atoms with E-state index in [9.17, 15) is 9.59 Å². The van der Waals surface area contributed by atoms with E-state index in [0.717, 1.165) is 14.7 Å². The van der Waals surface area contributed by atoms with Crippen molar-refractivity contribution >= 4 is 62.4 Å². The Morgan fingerprint density at radius 2 is 2.07 bits per heavy atom. The summed E-state index contributed by atoms with van der Waals surface area (Å²) in [6.45, 7) is 5.51. The van der Waals surface area contributed by atoms with Gasteiger partial charge in [0.25, 0.3) is 0 Å². The molecule has 2 aromatic rings. The van der Waals surface area contributed by atoms with Crippen molar-refractivity contribution in [3.05, 3.63) is 60.8 Å². The zero-order valence-electron chi connectivity index (χ0n) is 15.9. The number of aliphatic imine (C=N–C) groups is 1. The number of ether oxygens (including phenoxy) is 3. The Labute approximate surface area is 190 Å². The first-order valence-electron chi connectivity index (χ1n) is 8.72. The quantitative estimate of drug-likeness (QED) is 0.218. The first kappa shape index (κ1) is 21.5. The van der Waals surface area contributed by atoms with Crippen LogP contribution in [0.1, 0.15) is 30.5 Å². The summed E-state index contributed by atoms with van der Waals surface area (Å²) in [4.78, 5) is 28.0. The molecular weight excluding hydrogens is 553 g/mol. The SMILES string of the molecule is CCOc1cc(/C=C2\N=C(c3ccc(I)c(C)c3)OC2=O)cc(Br)c1OC(C)=O. The van der Waals surface area contributed by atoms with Gasteiger partial charge in [-0.3, -0.25) is 4.79 Å². The van der Waals surface area contributed by atoms with Crippen molar-refractivity contribution in [2.75, 3.05) is 6.61 Å². The number of aryl methyl sites for hydroxylation is 1. The molecule has 0 aliphatic carbocycles. The fraction of sp³-hybridized carbons (Fsp3) is 0.190. The molecule has 0 unspecified atom stereocenters. The lowest BCUT2D eigenvalue weighted by Crippen LogP contribution is -2.06. The van der Waals surface area contributed by atoms with Crippen molar-refractivity contribution in [1.82, 2.24) is 0 Å². The second-order valence-electron chi connectivity index (χ2n) is 6.16. The van der Waals surface area contributed by atoms with E-state index in [1.54, 1.807) is 18.2 Å². The van der Waals surface area contributed by atoms with E-state index in [-0.39, 0.29) is 17.3 Å². The molecular formula is C21H17BrINO5. The highest BCUT2D eigenvalue weighted by Crippen LogP contribution is 2.38. The van der Waals surface area contributed by atoms with Gasteiger partial charge in [-0.2, -0.15) is 0 Å². The summed E-state index contributed by atoms with van der Waals surface area (Å²) < 4.78 is 17.8. The third-order valence-electron chi connectivity index (χ3n) is 3.91. The largest absolute Gasteiger partial charge is 0.490 e. The van der Waals surface area contributed by atoms with Crippen molar-refractivity contribution in [3.63, 3.8) is 0 Å². The van der Waals surface area contributed by atoms with E-state index in [1.165, 1.54) is 6.92 Å². The molecule has 0 saturated heterocycles. The molecule has 0 amide bonds. The molecule has 0 spiro atoms. The van der Waals surface area contributed by atoms with Crippen LogP contribution < -0.4 is 9.47 Å². The molecule has 8 heteroatoms. The van der Waals surface area contributed by atoms with E-state index >= 15 is 0 Å². The van der Waals surface area contributed by atoms with Crippen LogP contribution in [-0.2, 0) is 14.3 Å². The van der Waals surface area contributed by atoms with Gasteiger partial charge >= 0.3 is 11.9 Å². The summed E-state index contributed by atoms with van der Waals surface area (Å²) in [6.07, 6.45) is 1.60. The molecule has 3 rings (SSSR count). The number of carbonyl (C=O) groups excluding carboxylic acids is 2. The Hall–Kier alpha value is -2.20. The lowest BCUT2D eigenvalue weighted by atomic mass is 10.1. The van der Waals surface area contributed by atoms with E-state index in [0.29, 0.717) is 22.4 Å². The minimum absolute atomic E-state index is 0.172. The molecule has 2 aromatic carbocycles. The number of benzene rings is 2. The standard InChI is InChI=1S/C21H17BrINO5/c1-4-27-18-10-13(8-15(22)19(18)28-12(3)25)9-17-21(26)29-20(24-17)14-5-6-16(23)11(2)7-14/h5-10H,4H2,1-3H3/b17-9-. The lowest BCUT2D eigenvalue weighted by molar-refractivity contribution is -0.132. The Balaban J connectivity index is 1.98. The number of hydrogen-bond acceptors (Lipinski definition) is 6. The smallest absolute Gasteiger partial charge is 0.363 e. The molecule has 0 radical (unpaired) electrons. The lowest BCUT2D eigenvalue weighted by Gasteiger charge is -2.12. The van der Waals surface area contributed by atoms with Gasteiger partial charge in [-0.1, -0.05) is 0 Å². The first-order valence-corrected chi connectivity index (χ1v) is 10.6. The zero-order valence-corrected chi connectivity index (χ0v) is 19.7. The Bertz CT molecular complexity index is 1060. The molecule has 0 atom stereocenters. The van der Waals surface area contributed by atoms with E-state index < -0.39 is 11.9 Å². The molecule has 0 saturated carbocycles. The topological polar surface area (TPSA) is 74.2 Å². The van der Waals surface area contributed by atoms with Crippen molar-refractivity contribution in [1.29, 1.82) is 0 Å². The molecule has 1 heterocycles. The monoisotopic (exact) mass is 569 g/mol. The molecule has 150 valence electrons. The van der Waals surface area contributed by atoms with Crippen LogP contribution >= 0.6 is 38.5 Å². The van der Waals surface area contributed by atoms with Gasteiger partial charge in [-0.05, 0) is 99.9 Å². The highest BCUT2D eigenvalue weighted by atomic mass is 127. The van der Waals surface area contributed by atoms with E-state index in [2.05, 4.69) is 43.5 Å². The van der Waals surface area contributed by atoms with Gasteiger partial charge in [0.2, 0.25) is 5.90 Å². The number of esters is 2. The van der Waals surface area contributed by atoms with Gasteiger partial charge in [0.1, 0.15) is 0 Å². The second-order valence-corrected chi connectivity index (χ2v) is 8.17. The molecule has 1 aliphatic heterocycles. The summed E-state index contributed by atoms with van der Waals surface area (Å²) in [7, 11) is 0. The van der Waals surface area contributed by atoms with E-state index in [1.807, 2.05) is 32.0 Å². The van der Waals surface area contributed by atoms with Crippen LogP contribution in [0.25, 0.3) is 6.08 Å². The summed E-state index contributed by atoms with van der Waals surface area (Å²) in [5.41, 5.74) is 2.63. The molecule has 0 aromatic heterocycles. The average molecular weight is 570 g/mol. The van der Waals surface area contributed by atoms with E-state index in [4.69, 9.17) is 14.2 Å². The highest BCUT2D eigenvalue weighted by Gasteiger charge is 2.25. The van der Waals surface area contributed by atoms with Gasteiger partial charge in [0.15, 0.2) is 17.2 Å². The van der Waals surface area contributed by atoms with Crippen LogP contribution in [0, 0.1) is 10.5 Å². The van der Waals surface area contributed by atoms with Crippen LogP contribution in [0.5, 0.6) is 11.5 Å². The molecule has 0 fully saturated rings. The normalized spacial score (nSPS) is 14.6. The Morgan fingerprint density at radius 3 is 2.72 bits per heavy atom. The van der Waals surface area contributed by atoms with Crippen molar-refractivity contribution in [2.45, 2.75) is 20.8 Å². The van der Waals surface area contributed by atoms with Gasteiger partial charge in [0.05, 0.1) is 11.1 Å². The fourth-order valence-electron chi connectivity index (χ4n) is 2.65. The molecule has 0 bridgehead atoms. The van der Waals surface area contributed by atoms with Crippen molar-refractivity contribution < 1.29 is 23.8 Å². The number of nitrogens with zero attached hydrogens (tertiary/aromatic N) is 1. The second kappa shape index (κ2) is 9.08. The highest BCUT2D eigenvalue weighted by molar-refractivity contribution is 14.1. The predicted molar refractivity (Wildman–Crippen MR) is 121 cm³/mol. The molecule has 6 nitrogen and oxygen atoms in total. The van der Waals surface area contributed by atoms with Gasteiger partial charge in [0, 0.05) is 16.1 Å². The summed E-state index contributed by atoms with van der Waals surface area (Å²) in [5.74, 6) is -0.0586. The number of hydrogen-bond donors (Lipinski definition) is 0. The van der Waals surface area contributed by atoms with Gasteiger partial charge in [-0.15, -0.1) is 0 Å². The maximum absolute atomic E-state index is 12.3. The minimum Gasteiger partial charge on any atom is -0.490 e. The van der Waals surface area contributed by atoms with Crippen LogP contribution in [0.3, 0.4) is 0 Å². The summed E-state index contributed by atoms with van der Waals surface area (Å²) >= 11 is 5.63. The number of cyclic esters (lactones) is 1. The van der Waals surface area contributed by atoms with Crippen molar-refractivity contribution in [3.8, 4) is 11.5 Å².